The number of fused-ring (bicyclic) bond motifs is 1. The molecule has 0 amide bonds. The van der Waals surface area contributed by atoms with Crippen molar-refractivity contribution in [1.82, 2.24) is 0 Å². The number of benzene rings is 3. The molecule has 0 aliphatic heterocycles. The number of furan rings is 1. The first kappa shape index (κ1) is 16.2. The van der Waals surface area contributed by atoms with Crippen molar-refractivity contribution >= 4 is 39.7 Å². The highest BCUT2D eigenvalue weighted by Gasteiger charge is 2.22. The Balaban J connectivity index is 1.82. The Morgan fingerprint density at radius 1 is 0.885 bits per heavy atom. The van der Waals surface area contributed by atoms with E-state index in [1.165, 1.54) is 0 Å². The first-order valence-corrected chi connectivity index (χ1v) is 8.39. The lowest BCUT2D eigenvalue weighted by Gasteiger charge is -2.02. The molecule has 0 aliphatic carbocycles. The lowest BCUT2D eigenvalue weighted by Crippen LogP contribution is -2.03. The molecular weight excluding hydrogens is 348 g/mol. The zero-order chi connectivity index (χ0) is 18.3. The van der Waals surface area contributed by atoms with E-state index in [1.807, 2.05) is 42.5 Å². The van der Waals surface area contributed by atoms with Crippen LogP contribution >= 0.6 is 11.6 Å². The number of halogens is 1. The second-order valence-corrected chi connectivity index (χ2v) is 6.40. The fraction of sp³-hybridized carbons (Fsp3) is 0. The summed E-state index contributed by atoms with van der Waals surface area (Å²) < 4.78 is 5.80. The summed E-state index contributed by atoms with van der Waals surface area (Å²) in [5.41, 5.74) is 15.8. The van der Waals surface area contributed by atoms with E-state index < -0.39 is 0 Å². The summed E-state index contributed by atoms with van der Waals surface area (Å²) in [6.07, 6.45) is 0. The molecule has 128 valence electrons. The average molecular weight is 363 g/mol. The highest BCUT2D eigenvalue weighted by molar-refractivity contribution is 6.35. The van der Waals surface area contributed by atoms with Crippen LogP contribution in [0.5, 0.6) is 0 Å². The Bertz CT molecular complexity index is 1150. The number of carbonyl (C=O) groups is 1. The van der Waals surface area contributed by atoms with E-state index in [-0.39, 0.29) is 11.5 Å². The van der Waals surface area contributed by atoms with Crippen LogP contribution in [0, 0.1) is 0 Å². The number of ketones is 1. The highest BCUT2D eigenvalue weighted by atomic mass is 35.5. The molecule has 0 radical (unpaired) electrons. The summed E-state index contributed by atoms with van der Waals surface area (Å²) in [6, 6.07) is 20.0. The Kier molecular flexibility index (Phi) is 3.90. The Labute approximate surface area is 155 Å². The predicted molar refractivity (Wildman–Crippen MR) is 105 cm³/mol. The average Bonchev–Trinajstić information content (AvgIpc) is 2.98. The van der Waals surface area contributed by atoms with E-state index in [1.54, 1.807) is 24.3 Å². The van der Waals surface area contributed by atoms with Crippen LogP contribution in [0.1, 0.15) is 16.1 Å². The molecule has 1 heterocycles. The number of hydrogen-bond donors (Lipinski definition) is 2. The van der Waals surface area contributed by atoms with Crippen molar-refractivity contribution in [2.24, 2.45) is 0 Å². The number of nitrogens with two attached hydrogens (primary N) is 2. The van der Waals surface area contributed by atoms with Gasteiger partial charge in [-0.1, -0.05) is 41.9 Å². The number of rotatable bonds is 3. The third kappa shape index (κ3) is 2.70. The fourth-order valence-corrected chi connectivity index (χ4v) is 3.17. The van der Waals surface area contributed by atoms with Gasteiger partial charge in [-0.3, -0.25) is 4.79 Å². The molecule has 5 heteroatoms. The highest BCUT2D eigenvalue weighted by Crippen LogP contribution is 2.34. The SMILES string of the molecule is Nc1cccc(-c2ccc3c(N)c(C(=O)c4ccccc4Cl)oc3c2)c1. The summed E-state index contributed by atoms with van der Waals surface area (Å²) >= 11 is 6.12. The van der Waals surface area contributed by atoms with Crippen LogP contribution in [-0.2, 0) is 0 Å². The minimum absolute atomic E-state index is 0.0952. The van der Waals surface area contributed by atoms with Crippen molar-refractivity contribution in [2.45, 2.75) is 0 Å². The molecule has 0 unspecified atom stereocenters. The van der Waals surface area contributed by atoms with E-state index in [9.17, 15) is 4.79 Å². The molecule has 0 atom stereocenters. The minimum atomic E-state index is -0.338. The van der Waals surface area contributed by atoms with Gasteiger partial charge < -0.3 is 15.9 Å². The Morgan fingerprint density at radius 2 is 1.65 bits per heavy atom. The smallest absolute Gasteiger partial charge is 0.231 e. The van der Waals surface area contributed by atoms with Gasteiger partial charge in [0.1, 0.15) is 5.58 Å². The summed E-state index contributed by atoms with van der Waals surface area (Å²) in [5, 5.41) is 1.05. The zero-order valence-electron chi connectivity index (χ0n) is 13.7. The molecule has 1 aromatic heterocycles. The quantitative estimate of drug-likeness (QED) is 0.390. The van der Waals surface area contributed by atoms with Crippen LogP contribution in [0.25, 0.3) is 22.1 Å². The molecule has 4 nitrogen and oxygen atoms in total. The van der Waals surface area contributed by atoms with E-state index in [0.29, 0.717) is 32.9 Å². The van der Waals surface area contributed by atoms with Gasteiger partial charge in [0, 0.05) is 16.6 Å². The number of hydrogen-bond acceptors (Lipinski definition) is 4. The van der Waals surface area contributed by atoms with Gasteiger partial charge in [-0.05, 0) is 47.5 Å². The van der Waals surface area contributed by atoms with E-state index in [4.69, 9.17) is 27.5 Å². The molecular formula is C21H15ClN2O2. The molecule has 0 saturated carbocycles. The van der Waals surface area contributed by atoms with Gasteiger partial charge in [-0.2, -0.15) is 0 Å². The molecule has 0 saturated heterocycles. The van der Waals surface area contributed by atoms with E-state index in [0.717, 1.165) is 11.1 Å². The van der Waals surface area contributed by atoms with Crippen molar-refractivity contribution in [1.29, 1.82) is 0 Å². The number of carbonyl (C=O) groups excluding carboxylic acids is 1. The fourth-order valence-electron chi connectivity index (χ4n) is 2.95. The topological polar surface area (TPSA) is 82.2 Å². The maximum atomic E-state index is 12.8. The van der Waals surface area contributed by atoms with Crippen molar-refractivity contribution in [2.75, 3.05) is 11.5 Å². The number of anilines is 2. The van der Waals surface area contributed by atoms with Crippen LogP contribution in [-0.4, -0.2) is 5.78 Å². The van der Waals surface area contributed by atoms with E-state index >= 15 is 0 Å². The van der Waals surface area contributed by atoms with Crippen LogP contribution < -0.4 is 11.5 Å². The summed E-state index contributed by atoms with van der Waals surface area (Å²) in [7, 11) is 0. The second kappa shape index (κ2) is 6.24. The molecule has 3 aromatic carbocycles. The summed E-state index contributed by atoms with van der Waals surface area (Å²) in [5.74, 6) is -0.243. The maximum Gasteiger partial charge on any atom is 0.231 e. The van der Waals surface area contributed by atoms with Crippen LogP contribution in [0.2, 0.25) is 5.02 Å². The van der Waals surface area contributed by atoms with Crippen LogP contribution in [0.3, 0.4) is 0 Å². The minimum Gasteiger partial charge on any atom is -0.450 e. The lowest BCUT2D eigenvalue weighted by molar-refractivity contribution is 0.101. The van der Waals surface area contributed by atoms with Gasteiger partial charge >= 0.3 is 0 Å². The number of nitrogen functional groups attached to an aromatic ring is 2. The normalized spacial score (nSPS) is 11.0. The second-order valence-electron chi connectivity index (χ2n) is 5.99. The monoisotopic (exact) mass is 362 g/mol. The van der Waals surface area contributed by atoms with E-state index in [2.05, 4.69) is 0 Å². The molecule has 4 N–H and O–H groups in total. The lowest BCUT2D eigenvalue weighted by atomic mass is 10.0. The Hall–Kier alpha value is -3.24. The third-order valence-electron chi connectivity index (χ3n) is 4.27. The third-order valence-corrected chi connectivity index (χ3v) is 4.60. The van der Waals surface area contributed by atoms with Gasteiger partial charge in [0.15, 0.2) is 5.76 Å². The molecule has 0 bridgehead atoms. The van der Waals surface area contributed by atoms with Gasteiger partial charge in [0.2, 0.25) is 5.78 Å². The van der Waals surface area contributed by atoms with Gasteiger partial charge in [0.25, 0.3) is 0 Å². The van der Waals surface area contributed by atoms with Crippen LogP contribution in [0.4, 0.5) is 11.4 Å². The van der Waals surface area contributed by atoms with Crippen LogP contribution in [0.15, 0.2) is 71.1 Å². The molecule has 0 fully saturated rings. The zero-order valence-corrected chi connectivity index (χ0v) is 14.5. The molecule has 4 aromatic rings. The summed E-state index contributed by atoms with van der Waals surface area (Å²) in [4.78, 5) is 12.8. The summed E-state index contributed by atoms with van der Waals surface area (Å²) in [6.45, 7) is 0. The first-order valence-electron chi connectivity index (χ1n) is 8.02. The molecule has 0 spiro atoms. The van der Waals surface area contributed by atoms with Crippen molar-refractivity contribution in [3.63, 3.8) is 0 Å². The van der Waals surface area contributed by atoms with Gasteiger partial charge in [-0.15, -0.1) is 0 Å². The largest absolute Gasteiger partial charge is 0.450 e. The standard InChI is InChI=1S/C21H15ClN2O2/c22-17-7-2-1-6-15(17)20(25)21-19(24)16-9-8-13(11-18(16)26-21)12-4-3-5-14(23)10-12/h1-11H,23-24H2. The van der Waals surface area contributed by atoms with Crippen molar-refractivity contribution in [3.05, 3.63) is 83.1 Å². The van der Waals surface area contributed by atoms with Crippen molar-refractivity contribution < 1.29 is 9.21 Å². The molecule has 4 rings (SSSR count). The van der Waals surface area contributed by atoms with Gasteiger partial charge in [-0.25, -0.2) is 0 Å². The maximum absolute atomic E-state index is 12.8. The Morgan fingerprint density at radius 3 is 2.42 bits per heavy atom. The van der Waals surface area contributed by atoms with Crippen molar-refractivity contribution in [3.8, 4) is 11.1 Å². The van der Waals surface area contributed by atoms with Gasteiger partial charge in [0.05, 0.1) is 10.7 Å². The predicted octanol–water partition coefficient (Wildman–Crippen LogP) is 5.15. The molecule has 26 heavy (non-hydrogen) atoms. The molecule has 0 aliphatic rings. The first-order chi connectivity index (χ1) is 12.5.